The molecule has 9 N–H and O–H groups in total. The fraction of sp³-hybridized carbons (Fsp3) is 0.565. The van der Waals surface area contributed by atoms with Gasteiger partial charge < -0.3 is 52.2 Å². The van der Waals surface area contributed by atoms with Crippen LogP contribution in [0.3, 0.4) is 0 Å². The van der Waals surface area contributed by atoms with Gasteiger partial charge in [-0.1, -0.05) is 102 Å². The molecule has 2 aromatic rings. The van der Waals surface area contributed by atoms with Gasteiger partial charge in [0.15, 0.2) is 6.04 Å². The number of cyclic esters (lactones) is 1. The summed E-state index contributed by atoms with van der Waals surface area (Å²) in [6.07, 6.45) is -2.51. The number of benzene rings is 2. The van der Waals surface area contributed by atoms with Crippen molar-refractivity contribution in [2.45, 2.75) is 142 Å². The quantitative estimate of drug-likeness (QED) is 0.110. The molecule has 18 nitrogen and oxygen atoms in total. The zero-order valence-electron chi connectivity index (χ0n) is 38.0. The minimum Gasteiger partial charge on any atom is -0.458 e. The number of esters is 1. The van der Waals surface area contributed by atoms with Crippen molar-refractivity contribution in [1.82, 2.24) is 37.2 Å². The predicted molar refractivity (Wildman–Crippen MR) is 236 cm³/mol. The Bertz CT molecular complexity index is 1900. The number of hydrogen-bond acceptors (Lipinski definition) is 11. The van der Waals surface area contributed by atoms with Crippen LogP contribution >= 0.6 is 0 Å². The Labute approximate surface area is 375 Å². The van der Waals surface area contributed by atoms with Crippen molar-refractivity contribution >= 4 is 47.3 Å². The van der Waals surface area contributed by atoms with E-state index < -0.39 is 114 Å². The van der Waals surface area contributed by atoms with Crippen LogP contribution in [0, 0.1) is 17.8 Å². The standard InChI is InChI=1S/C46H67N7O11/c1-9-27(6)39(56)47-35(23-31-18-14-11-15-19-31)43(60)53-38-29(8)64-46(63)36(24-54)51-44(61)37(28(7)55)52-42(59)33(21-26(4)5)48-41(58)34(22-30-16-12-10-13-17-30)49-40(57)32(20-25(2)3)50-45(38)62/h10-19,25-29,32-38,54-55H,9,20-24H2,1-8H3,(H,47,56)(H,48,58)(H,49,57)(H,50,62)(H,51,61)(H,52,59)(H,53,60)/t27-,28+,29?,32?,33+,34+,35+,36-,37?,38?/m0/s1. The Morgan fingerprint density at radius 3 is 1.66 bits per heavy atom. The lowest BCUT2D eigenvalue weighted by Crippen LogP contribution is -2.62. The maximum absolute atomic E-state index is 14.5. The number of ether oxygens (including phenoxy) is 1. The first kappa shape index (κ1) is 52.5. The maximum Gasteiger partial charge on any atom is 0.331 e. The van der Waals surface area contributed by atoms with E-state index in [9.17, 15) is 48.6 Å². The van der Waals surface area contributed by atoms with Crippen molar-refractivity contribution in [2.75, 3.05) is 6.61 Å². The van der Waals surface area contributed by atoms with Crippen molar-refractivity contribution in [3.8, 4) is 0 Å². The molecule has 0 radical (unpaired) electrons. The molecular formula is C46H67N7O11. The van der Waals surface area contributed by atoms with E-state index in [4.69, 9.17) is 4.74 Å². The summed E-state index contributed by atoms with van der Waals surface area (Å²) < 4.78 is 5.62. The topological polar surface area (TPSA) is 270 Å². The van der Waals surface area contributed by atoms with E-state index in [1.807, 2.05) is 6.92 Å². The summed E-state index contributed by atoms with van der Waals surface area (Å²) in [5, 5.41) is 39.1. The van der Waals surface area contributed by atoms with Crippen molar-refractivity contribution in [3.63, 3.8) is 0 Å². The van der Waals surface area contributed by atoms with Crippen LogP contribution in [-0.4, -0.2) is 119 Å². The monoisotopic (exact) mass is 893 g/mol. The summed E-state index contributed by atoms with van der Waals surface area (Å²) in [5.74, 6) is -7.79. The molecule has 0 aromatic heterocycles. The molecule has 0 saturated carbocycles. The van der Waals surface area contributed by atoms with Crippen LogP contribution in [0.4, 0.5) is 0 Å². The molecule has 0 aliphatic carbocycles. The van der Waals surface area contributed by atoms with Gasteiger partial charge in [0.2, 0.25) is 41.4 Å². The number of rotatable bonds is 15. The molecule has 0 spiro atoms. The molecule has 1 aliphatic heterocycles. The normalized spacial score (nSPS) is 24.5. The zero-order valence-corrected chi connectivity index (χ0v) is 38.0. The zero-order chi connectivity index (χ0) is 47.7. The molecule has 10 atom stereocenters. The number of hydrogen-bond donors (Lipinski definition) is 9. The summed E-state index contributed by atoms with van der Waals surface area (Å²) in [6, 6.07) is 7.26. The highest BCUT2D eigenvalue weighted by molar-refractivity contribution is 5.98. The molecule has 4 unspecified atom stereocenters. The molecule has 2 aromatic carbocycles. The van der Waals surface area contributed by atoms with Gasteiger partial charge in [-0.25, -0.2) is 4.79 Å². The van der Waals surface area contributed by atoms with Gasteiger partial charge in [-0.2, -0.15) is 0 Å². The summed E-state index contributed by atoms with van der Waals surface area (Å²) >= 11 is 0. The number of carbonyl (C=O) groups excluding carboxylic acids is 8. The minimum absolute atomic E-state index is 0.0121. The van der Waals surface area contributed by atoms with Gasteiger partial charge in [0, 0.05) is 18.8 Å². The van der Waals surface area contributed by atoms with Crippen molar-refractivity contribution in [3.05, 3.63) is 71.8 Å². The highest BCUT2D eigenvalue weighted by atomic mass is 16.5. The summed E-state index contributed by atoms with van der Waals surface area (Å²) in [4.78, 5) is 111. The number of amides is 7. The third kappa shape index (κ3) is 16.3. The average molecular weight is 894 g/mol. The molecule has 1 aliphatic rings. The molecule has 3 rings (SSSR count). The summed E-state index contributed by atoms with van der Waals surface area (Å²) in [6.45, 7) is 12.2. The average Bonchev–Trinajstić information content (AvgIpc) is 3.24. The molecule has 0 bridgehead atoms. The molecule has 352 valence electrons. The van der Waals surface area contributed by atoms with Crippen LogP contribution in [0.15, 0.2) is 60.7 Å². The molecule has 64 heavy (non-hydrogen) atoms. The Hall–Kier alpha value is -5.88. The summed E-state index contributed by atoms with van der Waals surface area (Å²) in [5.41, 5.74) is 1.34. The molecular weight excluding hydrogens is 827 g/mol. The molecule has 1 heterocycles. The van der Waals surface area contributed by atoms with Crippen molar-refractivity contribution < 1.29 is 53.3 Å². The molecule has 1 saturated heterocycles. The van der Waals surface area contributed by atoms with Crippen LogP contribution in [0.2, 0.25) is 0 Å². The molecule has 1 fully saturated rings. The lowest BCUT2D eigenvalue weighted by atomic mass is 9.99. The number of nitrogens with one attached hydrogen (secondary N) is 7. The van der Waals surface area contributed by atoms with Gasteiger partial charge in [0.25, 0.3) is 0 Å². The van der Waals surface area contributed by atoms with Gasteiger partial charge in [0.1, 0.15) is 42.4 Å². The highest BCUT2D eigenvalue weighted by Crippen LogP contribution is 2.14. The molecule has 18 heteroatoms. The third-order valence-electron chi connectivity index (χ3n) is 10.8. The van der Waals surface area contributed by atoms with E-state index in [1.165, 1.54) is 13.8 Å². The Morgan fingerprint density at radius 2 is 1.14 bits per heavy atom. The smallest absolute Gasteiger partial charge is 0.331 e. The Morgan fingerprint density at radius 1 is 0.656 bits per heavy atom. The van der Waals surface area contributed by atoms with Gasteiger partial charge in [-0.3, -0.25) is 33.6 Å². The van der Waals surface area contributed by atoms with E-state index in [-0.39, 0.29) is 37.5 Å². The SMILES string of the molecule is CC[C@H](C)C(=O)N[C@H](Cc1ccccc1)C(=O)NC1C(=O)NC(CC(C)C)C(=O)N[C@H](Cc2ccccc2)C(=O)N[C@H](CC(C)C)C(=O)NC([C@@H](C)O)C(=O)N[C@@H](CO)C(=O)OC1C. The Balaban J connectivity index is 2.17. The fourth-order valence-corrected chi connectivity index (χ4v) is 6.91. The Kier molecular flexibility index (Phi) is 20.8. The highest BCUT2D eigenvalue weighted by Gasteiger charge is 2.39. The second-order valence-corrected chi connectivity index (χ2v) is 17.3. The van der Waals surface area contributed by atoms with Gasteiger partial charge in [-0.05, 0) is 56.1 Å². The second kappa shape index (κ2) is 25.4. The van der Waals surface area contributed by atoms with Crippen LogP contribution < -0.4 is 37.2 Å². The van der Waals surface area contributed by atoms with E-state index in [2.05, 4.69) is 37.2 Å². The third-order valence-corrected chi connectivity index (χ3v) is 10.8. The maximum atomic E-state index is 14.5. The van der Waals surface area contributed by atoms with Gasteiger partial charge in [-0.15, -0.1) is 0 Å². The van der Waals surface area contributed by atoms with Crippen LogP contribution in [0.5, 0.6) is 0 Å². The first-order valence-corrected chi connectivity index (χ1v) is 21.9. The van der Waals surface area contributed by atoms with Crippen LogP contribution in [-0.2, 0) is 55.9 Å². The first-order chi connectivity index (χ1) is 30.2. The number of carbonyl (C=O) groups is 8. The summed E-state index contributed by atoms with van der Waals surface area (Å²) in [7, 11) is 0. The number of aliphatic hydroxyl groups is 2. The second-order valence-electron chi connectivity index (χ2n) is 17.3. The predicted octanol–water partition coefficient (Wildman–Crippen LogP) is 0.322. The van der Waals surface area contributed by atoms with Crippen LogP contribution in [0.1, 0.15) is 85.8 Å². The lowest BCUT2D eigenvalue weighted by molar-refractivity contribution is -0.157. The van der Waals surface area contributed by atoms with Gasteiger partial charge >= 0.3 is 5.97 Å². The van der Waals surface area contributed by atoms with Crippen molar-refractivity contribution in [1.29, 1.82) is 0 Å². The van der Waals surface area contributed by atoms with E-state index in [1.54, 1.807) is 95.3 Å². The van der Waals surface area contributed by atoms with E-state index in [0.717, 1.165) is 0 Å². The fourth-order valence-electron chi connectivity index (χ4n) is 6.91. The minimum atomic E-state index is -1.79. The lowest BCUT2D eigenvalue weighted by Gasteiger charge is -2.30. The van der Waals surface area contributed by atoms with E-state index >= 15 is 0 Å². The van der Waals surface area contributed by atoms with E-state index in [0.29, 0.717) is 17.5 Å². The largest absolute Gasteiger partial charge is 0.458 e. The van der Waals surface area contributed by atoms with Gasteiger partial charge in [0.05, 0.1) is 12.7 Å². The van der Waals surface area contributed by atoms with Crippen molar-refractivity contribution in [2.24, 2.45) is 17.8 Å². The number of aliphatic hydroxyl groups excluding tert-OH is 2. The molecule has 7 amide bonds. The van der Waals surface area contributed by atoms with Crippen LogP contribution in [0.25, 0.3) is 0 Å². The first-order valence-electron chi connectivity index (χ1n) is 21.9.